The van der Waals surface area contributed by atoms with Gasteiger partial charge in [0.1, 0.15) is 6.10 Å². The van der Waals surface area contributed by atoms with E-state index in [-0.39, 0.29) is 12.1 Å². The van der Waals surface area contributed by atoms with Gasteiger partial charge in [-0.05, 0) is 18.9 Å². The van der Waals surface area contributed by atoms with Gasteiger partial charge in [-0.1, -0.05) is 18.2 Å². The number of allylic oxidation sites excluding steroid dienone is 2. The van der Waals surface area contributed by atoms with E-state index in [2.05, 4.69) is 18.2 Å². The van der Waals surface area contributed by atoms with Gasteiger partial charge in [-0.3, -0.25) is 4.79 Å². The maximum absolute atomic E-state index is 10.6. The summed E-state index contributed by atoms with van der Waals surface area (Å²) in [6.07, 6.45) is 11.1. The number of esters is 1. The first-order chi connectivity index (χ1) is 5.79. The molecule has 0 aromatic rings. The molecule has 0 bridgehead atoms. The lowest BCUT2D eigenvalue weighted by molar-refractivity contribution is -0.143. The van der Waals surface area contributed by atoms with Gasteiger partial charge in [0.25, 0.3) is 0 Å². The van der Waals surface area contributed by atoms with Crippen LogP contribution in [0.2, 0.25) is 0 Å². The van der Waals surface area contributed by atoms with Crippen LogP contribution >= 0.6 is 0 Å². The Morgan fingerprint density at radius 3 is 2.83 bits per heavy atom. The monoisotopic (exact) mass is 166 g/mol. The third kappa shape index (κ3) is 3.37. The molecule has 1 atom stereocenters. The Kier molecular flexibility index (Phi) is 3.58. The molecule has 0 fully saturated rings. The molecule has 0 amide bonds. The number of ether oxygens (including phenoxy) is 1. The van der Waals surface area contributed by atoms with Crippen molar-refractivity contribution in [2.45, 2.75) is 32.3 Å². The van der Waals surface area contributed by atoms with Crippen LogP contribution in [0.25, 0.3) is 0 Å². The third-order valence-corrected chi connectivity index (χ3v) is 1.70. The predicted molar refractivity (Wildman–Crippen MR) is 47.7 cm³/mol. The van der Waals surface area contributed by atoms with Crippen LogP contribution in [0.4, 0.5) is 0 Å². The molecule has 0 aromatic carbocycles. The molecule has 0 radical (unpaired) electrons. The summed E-state index contributed by atoms with van der Waals surface area (Å²) < 4.78 is 5.05. The molecule has 0 saturated heterocycles. The van der Waals surface area contributed by atoms with Crippen LogP contribution < -0.4 is 0 Å². The first-order valence-electron chi connectivity index (χ1n) is 4.28. The van der Waals surface area contributed by atoms with E-state index in [0.717, 1.165) is 19.3 Å². The van der Waals surface area contributed by atoms with Crippen molar-refractivity contribution < 1.29 is 9.53 Å². The van der Waals surface area contributed by atoms with E-state index in [4.69, 9.17) is 4.74 Å². The van der Waals surface area contributed by atoms with Crippen molar-refractivity contribution in [1.29, 1.82) is 0 Å². The van der Waals surface area contributed by atoms with E-state index in [1.54, 1.807) is 0 Å². The highest BCUT2D eigenvalue weighted by Crippen LogP contribution is 2.08. The van der Waals surface area contributed by atoms with Crippen molar-refractivity contribution in [3.05, 3.63) is 24.3 Å². The van der Waals surface area contributed by atoms with Gasteiger partial charge in [-0.15, -0.1) is 0 Å². The minimum Gasteiger partial charge on any atom is -0.458 e. The largest absolute Gasteiger partial charge is 0.458 e. The van der Waals surface area contributed by atoms with Crippen LogP contribution in [0, 0.1) is 0 Å². The molecule has 0 saturated carbocycles. The van der Waals surface area contributed by atoms with E-state index in [9.17, 15) is 4.79 Å². The molecule has 1 rings (SSSR count). The number of carbonyl (C=O) groups excluding carboxylic acids is 1. The van der Waals surface area contributed by atoms with E-state index in [1.807, 2.05) is 6.08 Å². The fraction of sp³-hybridized carbons (Fsp3) is 0.500. The normalized spacial score (nSPS) is 22.9. The molecule has 12 heavy (non-hydrogen) atoms. The van der Waals surface area contributed by atoms with Crippen LogP contribution in [0.1, 0.15) is 26.2 Å². The van der Waals surface area contributed by atoms with Crippen molar-refractivity contribution in [3.8, 4) is 0 Å². The Balaban J connectivity index is 2.44. The Hall–Kier alpha value is -1.05. The van der Waals surface area contributed by atoms with Gasteiger partial charge in [0.05, 0.1) is 0 Å². The molecule has 0 heterocycles. The number of hydrogen-bond acceptors (Lipinski definition) is 2. The van der Waals surface area contributed by atoms with Crippen LogP contribution in [-0.2, 0) is 9.53 Å². The smallest absolute Gasteiger partial charge is 0.303 e. The lowest BCUT2D eigenvalue weighted by Gasteiger charge is -2.11. The zero-order valence-electron chi connectivity index (χ0n) is 7.32. The fourth-order valence-electron chi connectivity index (χ4n) is 1.17. The fourth-order valence-corrected chi connectivity index (χ4v) is 1.17. The lowest BCUT2D eigenvalue weighted by Crippen LogP contribution is -2.12. The van der Waals surface area contributed by atoms with Crippen molar-refractivity contribution in [2.75, 3.05) is 0 Å². The Morgan fingerprint density at radius 1 is 1.33 bits per heavy atom. The average molecular weight is 166 g/mol. The summed E-state index contributed by atoms with van der Waals surface area (Å²) >= 11 is 0. The predicted octanol–water partition coefficient (Wildman–Crippen LogP) is 2.21. The highest BCUT2D eigenvalue weighted by molar-refractivity contribution is 5.66. The van der Waals surface area contributed by atoms with Gasteiger partial charge in [-0.25, -0.2) is 0 Å². The highest BCUT2D eigenvalue weighted by Gasteiger charge is 2.06. The van der Waals surface area contributed by atoms with Crippen LogP contribution in [0.15, 0.2) is 24.3 Å². The molecule has 0 spiro atoms. The summed E-state index contributed by atoms with van der Waals surface area (Å²) in [6.45, 7) is 1.44. The molecule has 1 aliphatic rings. The molecular formula is C10H14O2. The second-order valence-corrected chi connectivity index (χ2v) is 2.86. The van der Waals surface area contributed by atoms with Crippen LogP contribution in [-0.4, -0.2) is 12.1 Å². The SMILES string of the molecule is CC(=O)O[C@H]1C=CCCC=CC1. The molecule has 0 N–H and O–H groups in total. The summed E-state index contributed by atoms with van der Waals surface area (Å²) in [5.41, 5.74) is 0. The third-order valence-electron chi connectivity index (χ3n) is 1.70. The Labute approximate surface area is 72.9 Å². The van der Waals surface area contributed by atoms with Crippen molar-refractivity contribution >= 4 is 5.97 Å². The number of hydrogen-bond donors (Lipinski definition) is 0. The van der Waals surface area contributed by atoms with E-state index in [1.165, 1.54) is 6.92 Å². The van der Waals surface area contributed by atoms with Gasteiger partial charge >= 0.3 is 5.97 Å². The Morgan fingerprint density at radius 2 is 2.08 bits per heavy atom. The lowest BCUT2D eigenvalue weighted by atomic mass is 10.1. The zero-order valence-corrected chi connectivity index (χ0v) is 7.32. The minimum atomic E-state index is -0.210. The summed E-state index contributed by atoms with van der Waals surface area (Å²) in [5.74, 6) is -0.210. The maximum Gasteiger partial charge on any atom is 0.303 e. The molecule has 0 unspecified atom stereocenters. The second kappa shape index (κ2) is 4.75. The van der Waals surface area contributed by atoms with Crippen LogP contribution in [0.3, 0.4) is 0 Å². The van der Waals surface area contributed by atoms with E-state index >= 15 is 0 Å². The zero-order chi connectivity index (χ0) is 8.81. The van der Waals surface area contributed by atoms with Crippen LogP contribution in [0.5, 0.6) is 0 Å². The highest BCUT2D eigenvalue weighted by atomic mass is 16.5. The summed E-state index contributed by atoms with van der Waals surface area (Å²) in [5, 5.41) is 0. The quantitative estimate of drug-likeness (QED) is 0.441. The van der Waals surface area contributed by atoms with Crippen molar-refractivity contribution in [2.24, 2.45) is 0 Å². The first kappa shape index (κ1) is 9.04. The Bertz CT molecular complexity index is 204. The standard InChI is InChI=1S/C10H14O2/c1-9(11)12-10-7-5-3-2-4-6-8-10/h3,5-6,8,10H,2,4,7H2,1H3/t10-/m1/s1. The topological polar surface area (TPSA) is 26.3 Å². The van der Waals surface area contributed by atoms with Gasteiger partial charge < -0.3 is 4.74 Å². The van der Waals surface area contributed by atoms with Crippen molar-refractivity contribution in [1.82, 2.24) is 0 Å². The number of rotatable bonds is 1. The first-order valence-corrected chi connectivity index (χ1v) is 4.28. The van der Waals surface area contributed by atoms with E-state index in [0.29, 0.717) is 0 Å². The molecule has 0 aromatic heterocycles. The van der Waals surface area contributed by atoms with Crippen molar-refractivity contribution in [3.63, 3.8) is 0 Å². The summed E-state index contributed by atoms with van der Waals surface area (Å²) in [7, 11) is 0. The second-order valence-electron chi connectivity index (χ2n) is 2.86. The van der Waals surface area contributed by atoms with Gasteiger partial charge in [0, 0.05) is 13.3 Å². The molecule has 2 nitrogen and oxygen atoms in total. The average Bonchev–Trinajstić information content (AvgIpc) is 1.93. The summed E-state index contributed by atoms with van der Waals surface area (Å²) in [6, 6.07) is 0. The maximum atomic E-state index is 10.6. The molecular weight excluding hydrogens is 152 g/mol. The molecule has 66 valence electrons. The molecule has 2 heteroatoms. The van der Waals surface area contributed by atoms with Gasteiger partial charge in [0.2, 0.25) is 0 Å². The van der Waals surface area contributed by atoms with E-state index < -0.39 is 0 Å². The molecule has 0 aliphatic heterocycles. The minimum absolute atomic E-state index is 0.0564. The number of carbonyl (C=O) groups is 1. The van der Waals surface area contributed by atoms with Gasteiger partial charge in [0.15, 0.2) is 0 Å². The molecule has 1 aliphatic carbocycles. The van der Waals surface area contributed by atoms with Gasteiger partial charge in [-0.2, -0.15) is 0 Å². The summed E-state index contributed by atoms with van der Waals surface area (Å²) in [4.78, 5) is 10.6.